The monoisotopic (exact) mass is 259 g/mol. The van der Waals surface area contributed by atoms with Crippen molar-refractivity contribution in [3.63, 3.8) is 0 Å². The Bertz CT molecular complexity index is 788. The summed E-state index contributed by atoms with van der Waals surface area (Å²) in [7, 11) is 1.64. The molecule has 0 bridgehead atoms. The van der Waals surface area contributed by atoms with Gasteiger partial charge in [-0.2, -0.15) is 5.10 Å². The molecular weight excluding hydrogens is 249 g/mol. The molecule has 0 saturated carbocycles. The van der Waals surface area contributed by atoms with Crippen LogP contribution in [0.15, 0.2) is 30.3 Å². The highest BCUT2D eigenvalue weighted by atomic mass is 19.1. The Kier molecular flexibility index (Phi) is 2.38. The lowest BCUT2D eigenvalue weighted by molar-refractivity contribution is 0.0689. The van der Waals surface area contributed by atoms with Gasteiger partial charge in [-0.1, -0.05) is 12.1 Å². The normalized spacial score (nSPS) is 11.1. The van der Waals surface area contributed by atoms with Gasteiger partial charge in [-0.3, -0.25) is 4.68 Å². The van der Waals surface area contributed by atoms with Crippen LogP contribution in [0.1, 0.15) is 10.5 Å². The number of halogens is 1. The maximum Gasteiger partial charge on any atom is 0.356 e. The molecule has 0 fully saturated rings. The van der Waals surface area contributed by atoms with Crippen molar-refractivity contribution in [2.45, 2.75) is 0 Å². The van der Waals surface area contributed by atoms with E-state index in [1.165, 1.54) is 16.8 Å². The molecule has 0 saturated heterocycles. The molecule has 2 heterocycles. The fourth-order valence-corrected chi connectivity index (χ4v) is 2.08. The minimum absolute atomic E-state index is 0.0448. The number of carboxylic acids is 1. The Hall–Kier alpha value is -2.63. The molecule has 3 rings (SSSR count). The number of carbonyl (C=O) groups is 1. The first-order chi connectivity index (χ1) is 9.06. The van der Waals surface area contributed by atoms with Crippen LogP contribution in [-0.2, 0) is 7.05 Å². The lowest BCUT2D eigenvalue weighted by Crippen LogP contribution is -1.99. The van der Waals surface area contributed by atoms with Crippen LogP contribution in [0.25, 0.3) is 22.3 Å². The average Bonchev–Trinajstić information content (AvgIpc) is 2.93. The first-order valence-electron chi connectivity index (χ1n) is 5.61. The zero-order valence-electron chi connectivity index (χ0n) is 10.0. The molecule has 6 heteroatoms. The van der Waals surface area contributed by atoms with Gasteiger partial charge in [0.05, 0.1) is 16.9 Å². The molecule has 0 spiro atoms. The number of hydrogen-bond acceptors (Lipinski definition) is 2. The summed E-state index contributed by atoms with van der Waals surface area (Å²) in [6.45, 7) is 0. The molecule has 0 amide bonds. The smallest absolute Gasteiger partial charge is 0.356 e. The van der Waals surface area contributed by atoms with Crippen molar-refractivity contribution in [3.05, 3.63) is 41.8 Å². The van der Waals surface area contributed by atoms with Crippen molar-refractivity contribution < 1.29 is 14.3 Å². The summed E-state index contributed by atoms with van der Waals surface area (Å²) < 4.78 is 15.1. The molecule has 0 atom stereocenters. The Labute approximate surface area is 107 Å². The highest BCUT2D eigenvalue weighted by Crippen LogP contribution is 2.25. The number of aromatic nitrogens is 3. The molecule has 1 aromatic carbocycles. The number of para-hydroxylation sites is 1. The third kappa shape index (κ3) is 1.77. The van der Waals surface area contributed by atoms with Crippen LogP contribution < -0.4 is 0 Å². The topological polar surface area (TPSA) is 70.9 Å². The van der Waals surface area contributed by atoms with Crippen LogP contribution in [0.5, 0.6) is 0 Å². The number of aromatic amines is 1. The Morgan fingerprint density at radius 2 is 2.21 bits per heavy atom. The number of H-pyrrole nitrogens is 1. The second-order valence-corrected chi connectivity index (χ2v) is 4.23. The maximum absolute atomic E-state index is 13.6. The molecule has 2 N–H and O–H groups in total. The van der Waals surface area contributed by atoms with E-state index in [0.717, 1.165) is 5.39 Å². The molecule has 0 radical (unpaired) electrons. The Balaban J connectivity index is 2.19. The molecule has 0 aliphatic carbocycles. The number of aryl methyl sites for hydroxylation is 1. The van der Waals surface area contributed by atoms with Gasteiger partial charge in [-0.25, -0.2) is 9.18 Å². The third-order valence-electron chi connectivity index (χ3n) is 2.98. The molecule has 3 aromatic rings. The minimum Gasteiger partial charge on any atom is -0.476 e. The van der Waals surface area contributed by atoms with E-state index >= 15 is 0 Å². The maximum atomic E-state index is 13.6. The summed E-state index contributed by atoms with van der Waals surface area (Å²) in [5.41, 5.74) is 1.57. The summed E-state index contributed by atoms with van der Waals surface area (Å²) >= 11 is 0. The van der Waals surface area contributed by atoms with E-state index in [1.54, 1.807) is 25.2 Å². The molecule has 2 aromatic heterocycles. The fourth-order valence-electron chi connectivity index (χ4n) is 2.08. The van der Waals surface area contributed by atoms with Crippen molar-refractivity contribution in [1.82, 2.24) is 14.8 Å². The van der Waals surface area contributed by atoms with E-state index in [1.807, 2.05) is 0 Å². The van der Waals surface area contributed by atoms with Gasteiger partial charge in [0.1, 0.15) is 5.82 Å². The Morgan fingerprint density at radius 1 is 1.42 bits per heavy atom. The van der Waals surface area contributed by atoms with E-state index in [2.05, 4.69) is 10.1 Å². The van der Waals surface area contributed by atoms with Gasteiger partial charge in [0.15, 0.2) is 5.69 Å². The van der Waals surface area contributed by atoms with Crippen LogP contribution in [0.3, 0.4) is 0 Å². The van der Waals surface area contributed by atoms with Gasteiger partial charge in [0, 0.05) is 18.5 Å². The Morgan fingerprint density at radius 3 is 2.84 bits per heavy atom. The number of nitrogens with zero attached hydrogens (tertiary/aromatic N) is 2. The molecule has 5 nitrogen and oxygen atoms in total. The quantitative estimate of drug-likeness (QED) is 0.742. The van der Waals surface area contributed by atoms with Gasteiger partial charge >= 0.3 is 5.97 Å². The predicted molar refractivity (Wildman–Crippen MR) is 67.4 cm³/mol. The lowest BCUT2D eigenvalue weighted by atomic mass is 10.2. The summed E-state index contributed by atoms with van der Waals surface area (Å²) in [4.78, 5) is 13.8. The molecule has 0 aliphatic rings. The van der Waals surface area contributed by atoms with Crippen molar-refractivity contribution in [2.75, 3.05) is 0 Å². The second kappa shape index (κ2) is 3.94. The van der Waals surface area contributed by atoms with Crippen LogP contribution in [0.2, 0.25) is 0 Å². The van der Waals surface area contributed by atoms with Crippen LogP contribution in [0.4, 0.5) is 4.39 Å². The summed E-state index contributed by atoms with van der Waals surface area (Å²) in [6.07, 6.45) is 0. The summed E-state index contributed by atoms with van der Waals surface area (Å²) in [5.74, 6) is -1.44. The van der Waals surface area contributed by atoms with Crippen molar-refractivity contribution in [1.29, 1.82) is 0 Å². The van der Waals surface area contributed by atoms with Crippen molar-refractivity contribution in [3.8, 4) is 11.4 Å². The van der Waals surface area contributed by atoms with Gasteiger partial charge in [0.2, 0.25) is 0 Å². The first-order valence-corrected chi connectivity index (χ1v) is 5.61. The number of nitrogens with one attached hydrogen (secondary N) is 1. The van der Waals surface area contributed by atoms with Crippen molar-refractivity contribution >= 4 is 16.9 Å². The third-order valence-corrected chi connectivity index (χ3v) is 2.98. The number of carboxylic acid groups (broad SMARTS) is 1. The summed E-state index contributed by atoms with van der Waals surface area (Å²) in [5, 5.41) is 13.5. The van der Waals surface area contributed by atoms with Crippen molar-refractivity contribution in [2.24, 2.45) is 7.05 Å². The van der Waals surface area contributed by atoms with Gasteiger partial charge in [-0.15, -0.1) is 0 Å². The predicted octanol–water partition coefficient (Wildman–Crippen LogP) is 2.41. The number of aromatic carboxylic acids is 1. The number of rotatable bonds is 2. The van der Waals surface area contributed by atoms with Gasteiger partial charge in [0.25, 0.3) is 0 Å². The van der Waals surface area contributed by atoms with E-state index < -0.39 is 5.97 Å². The van der Waals surface area contributed by atoms with E-state index in [9.17, 15) is 9.18 Å². The standard InChI is InChI=1S/C13H10FN3O2/c1-17-11(6-10(16-17)13(18)19)9-5-7-3-2-4-8(14)12(7)15-9/h2-6,15H,1H3,(H,18,19). The molecule has 19 heavy (non-hydrogen) atoms. The van der Waals surface area contributed by atoms with Gasteiger partial charge in [-0.05, 0) is 12.1 Å². The van der Waals surface area contributed by atoms with Crippen LogP contribution >= 0.6 is 0 Å². The zero-order chi connectivity index (χ0) is 13.6. The van der Waals surface area contributed by atoms with E-state index in [4.69, 9.17) is 5.11 Å². The molecule has 0 unspecified atom stereocenters. The van der Waals surface area contributed by atoms with E-state index in [-0.39, 0.29) is 11.5 Å². The zero-order valence-corrected chi connectivity index (χ0v) is 10.0. The highest BCUT2D eigenvalue weighted by Gasteiger charge is 2.14. The largest absolute Gasteiger partial charge is 0.476 e. The van der Waals surface area contributed by atoms with Gasteiger partial charge < -0.3 is 10.1 Å². The highest BCUT2D eigenvalue weighted by molar-refractivity contribution is 5.89. The number of hydrogen-bond donors (Lipinski definition) is 2. The number of fused-ring (bicyclic) bond motifs is 1. The fraction of sp³-hybridized carbons (Fsp3) is 0.0769. The van der Waals surface area contributed by atoms with Crippen LogP contribution in [0, 0.1) is 5.82 Å². The summed E-state index contributed by atoms with van der Waals surface area (Å²) in [6, 6.07) is 7.99. The molecule has 0 aliphatic heterocycles. The second-order valence-electron chi connectivity index (χ2n) is 4.23. The SMILES string of the molecule is Cn1nc(C(=O)O)cc1-c1cc2cccc(F)c2[nH]1. The molecule has 96 valence electrons. The first kappa shape index (κ1) is 11.5. The lowest BCUT2D eigenvalue weighted by Gasteiger charge is -1.96. The number of benzene rings is 1. The van der Waals surface area contributed by atoms with E-state index in [0.29, 0.717) is 16.9 Å². The van der Waals surface area contributed by atoms with Crippen LogP contribution in [-0.4, -0.2) is 25.8 Å². The minimum atomic E-state index is -1.09. The average molecular weight is 259 g/mol. The molecular formula is C13H10FN3O2.